The number of alkyl halides is 3. The highest BCUT2D eigenvalue weighted by Gasteiger charge is 2.33. The van der Waals surface area contributed by atoms with E-state index in [-0.39, 0.29) is 9.92 Å². The van der Waals surface area contributed by atoms with E-state index in [2.05, 4.69) is 4.40 Å². The molecule has 0 heterocycles. The van der Waals surface area contributed by atoms with E-state index < -0.39 is 11.7 Å². The van der Waals surface area contributed by atoms with Crippen LogP contribution in [-0.2, 0) is 11.0 Å². The molecule has 80 valence electrons. The monoisotopic (exact) mass is 253 g/mol. The van der Waals surface area contributed by atoms with Crippen LogP contribution in [0.5, 0.6) is 0 Å². The summed E-state index contributed by atoms with van der Waals surface area (Å²) in [4.78, 5) is 9.94. The Morgan fingerprint density at radius 1 is 1.40 bits per heavy atom. The number of halogens is 4. The molecule has 0 unspecified atom stereocenters. The van der Waals surface area contributed by atoms with E-state index >= 15 is 0 Å². The maximum atomic E-state index is 12.3. The maximum Gasteiger partial charge on any atom is 0.417 e. The first-order valence-corrected chi connectivity index (χ1v) is 4.71. The number of benzene rings is 1. The Bertz CT molecular complexity index is 415. The van der Waals surface area contributed by atoms with Crippen LogP contribution >= 0.6 is 23.5 Å². The van der Waals surface area contributed by atoms with Gasteiger partial charge in [-0.2, -0.15) is 13.2 Å². The summed E-state index contributed by atoms with van der Waals surface area (Å²) in [6.45, 7) is 0. The zero-order chi connectivity index (χ0) is 11.5. The maximum absolute atomic E-state index is 12.3. The van der Waals surface area contributed by atoms with Crippen LogP contribution in [0.1, 0.15) is 5.56 Å². The Morgan fingerprint density at radius 2 is 2.07 bits per heavy atom. The molecule has 1 aromatic carbocycles. The highest BCUT2D eigenvalue weighted by atomic mass is 35.5. The minimum absolute atomic E-state index is 0.176. The highest BCUT2D eigenvalue weighted by molar-refractivity contribution is 7.98. The van der Waals surface area contributed by atoms with E-state index in [1.165, 1.54) is 12.1 Å². The van der Waals surface area contributed by atoms with Gasteiger partial charge in [0.15, 0.2) is 0 Å². The summed E-state index contributed by atoms with van der Waals surface area (Å²) >= 11 is 5.98. The number of rotatable bonds is 2. The molecule has 7 heteroatoms. The molecule has 0 aliphatic carbocycles. The average molecular weight is 254 g/mol. The Hall–Kier alpha value is -0.970. The predicted molar refractivity (Wildman–Crippen MR) is 50.4 cm³/mol. The first-order chi connectivity index (χ1) is 6.95. The van der Waals surface area contributed by atoms with Crippen molar-refractivity contribution in [1.82, 2.24) is 0 Å². The molecule has 0 spiro atoms. The van der Waals surface area contributed by atoms with Gasteiger partial charge in [0.1, 0.15) is 0 Å². The fourth-order valence-corrected chi connectivity index (χ4v) is 1.52. The van der Waals surface area contributed by atoms with Crippen molar-refractivity contribution < 1.29 is 18.0 Å². The average Bonchev–Trinajstić information content (AvgIpc) is 2.15. The molecule has 0 fully saturated rings. The summed E-state index contributed by atoms with van der Waals surface area (Å²) in [5.41, 5.74) is -0.949. The second-order valence-corrected chi connectivity index (χ2v) is 3.66. The van der Waals surface area contributed by atoms with Gasteiger partial charge in [-0.15, -0.1) is 4.40 Å². The molecule has 0 saturated carbocycles. The van der Waals surface area contributed by atoms with Crippen LogP contribution in [-0.4, -0.2) is 6.08 Å². The lowest BCUT2D eigenvalue weighted by atomic mass is 10.2. The van der Waals surface area contributed by atoms with Crippen LogP contribution in [0.3, 0.4) is 0 Å². The summed E-state index contributed by atoms with van der Waals surface area (Å²) in [6, 6.07) is 3.27. The van der Waals surface area contributed by atoms with Crippen LogP contribution in [0.2, 0.25) is 5.02 Å². The van der Waals surface area contributed by atoms with Gasteiger partial charge in [-0.25, -0.2) is 4.79 Å². The number of isocyanates is 1. The van der Waals surface area contributed by atoms with Crippen molar-refractivity contribution in [2.45, 2.75) is 11.1 Å². The molecule has 0 bridgehead atoms. The summed E-state index contributed by atoms with van der Waals surface area (Å²) in [5, 5.41) is -0.387. The summed E-state index contributed by atoms with van der Waals surface area (Å²) < 4.78 is 40.1. The first kappa shape index (κ1) is 12.1. The van der Waals surface area contributed by atoms with Crippen LogP contribution in [0.25, 0.3) is 0 Å². The molecule has 15 heavy (non-hydrogen) atoms. The van der Waals surface area contributed by atoms with Crippen LogP contribution in [0.15, 0.2) is 27.5 Å². The second kappa shape index (κ2) is 4.70. The van der Waals surface area contributed by atoms with Gasteiger partial charge < -0.3 is 0 Å². The van der Waals surface area contributed by atoms with Crippen molar-refractivity contribution in [2.75, 3.05) is 0 Å². The topological polar surface area (TPSA) is 29.4 Å². The van der Waals surface area contributed by atoms with E-state index in [1.54, 1.807) is 0 Å². The zero-order valence-corrected chi connectivity index (χ0v) is 8.58. The lowest BCUT2D eigenvalue weighted by Gasteiger charge is -2.09. The van der Waals surface area contributed by atoms with E-state index in [0.717, 1.165) is 12.1 Å². The molecule has 0 aromatic heterocycles. The Kier molecular flexibility index (Phi) is 3.79. The van der Waals surface area contributed by atoms with Gasteiger partial charge in [-0.3, -0.25) is 0 Å². The standard InChI is InChI=1S/C8H3ClF3NOS/c9-7-2-1-5(15-13-4-14)3-6(7)8(10,11)12/h1-3H. The molecule has 0 aliphatic rings. The van der Waals surface area contributed by atoms with Crippen molar-refractivity contribution in [1.29, 1.82) is 0 Å². The van der Waals surface area contributed by atoms with Gasteiger partial charge in [0.05, 0.1) is 10.6 Å². The smallest absolute Gasteiger partial charge is 0.210 e. The molecule has 0 aliphatic heterocycles. The number of carbonyl (C=O) groups excluding carboxylic acids is 1. The Labute approximate surface area is 92.3 Å². The van der Waals surface area contributed by atoms with Gasteiger partial charge in [-0.05, 0) is 18.2 Å². The van der Waals surface area contributed by atoms with Crippen LogP contribution in [0.4, 0.5) is 13.2 Å². The van der Waals surface area contributed by atoms with Crippen molar-refractivity contribution in [2.24, 2.45) is 4.40 Å². The molecular formula is C8H3ClF3NOS. The van der Waals surface area contributed by atoms with Crippen molar-refractivity contribution >= 4 is 29.6 Å². The zero-order valence-electron chi connectivity index (χ0n) is 7.01. The number of nitrogens with zero attached hydrogens (tertiary/aromatic N) is 1. The summed E-state index contributed by atoms with van der Waals surface area (Å²) in [5.74, 6) is 0. The van der Waals surface area contributed by atoms with Gasteiger partial charge in [-0.1, -0.05) is 11.6 Å². The molecule has 1 rings (SSSR count). The molecular weight excluding hydrogens is 251 g/mol. The molecule has 0 saturated heterocycles. The summed E-state index contributed by atoms with van der Waals surface area (Å²) in [6.07, 6.45) is -3.30. The van der Waals surface area contributed by atoms with E-state index in [9.17, 15) is 18.0 Å². The van der Waals surface area contributed by atoms with Crippen molar-refractivity contribution in [3.63, 3.8) is 0 Å². The van der Waals surface area contributed by atoms with E-state index in [0.29, 0.717) is 11.9 Å². The molecule has 0 N–H and O–H groups in total. The minimum atomic E-state index is -4.52. The third kappa shape index (κ3) is 3.27. The largest absolute Gasteiger partial charge is 0.417 e. The quantitative estimate of drug-likeness (QED) is 0.457. The molecule has 1 aromatic rings. The van der Waals surface area contributed by atoms with Crippen LogP contribution in [0, 0.1) is 0 Å². The van der Waals surface area contributed by atoms with Gasteiger partial charge in [0.2, 0.25) is 6.08 Å². The van der Waals surface area contributed by atoms with Gasteiger partial charge in [0.25, 0.3) is 0 Å². The first-order valence-electron chi connectivity index (χ1n) is 3.56. The van der Waals surface area contributed by atoms with Crippen molar-refractivity contribution in [3.05, 3.63) is 28.8 Å². The predicted octanol–water partition coefficient (Wildman–Crippen LogP) is 3.70. The number of hydrogen-bond acceptors (Lipinski definition) is 3. The van der Waals surface area contributed by atoms with Crippen molar-refractivity contribution in [3.8, 4) is 0 Å². The fourth-order valence-electron chi connectivity index (χ4n) is 0.850. The van der Waals surface area contributed by atoms with Crippen LogP contribution < -0.4 is 0 Å². The Morgan fingerprint density at radius 3 is 2.60 bits per heavy atom. The minimum Gasteiger partial charge on any atom is -0.210 e. The summed E-state index contributed by atoms with van der Waals surface area (Å²) in [7, 11) is 0. The molecule has 0 radical (unpaired) electrons. The normalized spacial score (nSPS) is 10.9. The second-order valence-electron chi connectivity index (χ2n) is 2.41. The van der Waals surface area contributed by atoms with Gasteiger partial charge >= 0.3 is 6.18 Å². The number of hydrogen-bond donors (Lipinski definition) is 0. The molecule has 0 amide bonds. The molecule has 0 atom stereocenters. The molecule has 2 nitrogen and oxygen atoms in total. The SMILES string of the molecule is O=C=NSc1ccc(Cl)c(C(F)(F)F)c1. The third-order valence-electron chi connectivity index (χ3n) is 1.43. The van der Waals surface area contributed by atoms with E-state index in [4.69, 9.17) is 11.6 Å². The third-order valence-corrected chi connectivity index (χ3v) is 2.39. The fraction of sp³-hybridized carbons (Fsp3) is 0.125. The Balaban J connectivity index is 3.11. The van der Waals surface area contributed by atoms with E-state index in [1.807, 2.05) is 0 Å². The highest BCUT2D eigenvalue weighted by Crippen LogP contribution is 2.36. The van der Waals surface area contributed by atoms with Gasteiger partial charge in [0, 0.05) is 16.8 Å². The lowest BCUT2D eigenvalue weighted by molar-refractivity contribution is -0.137. The lowest BCUT2D eigenvalue weighted by Crippen LogP contribution is -2.05.